The standard InChI is InChI=1S/C16H24N2O/c1-17-9-8-13-4-2-3-5-14(13)10-18-11-15-6-7-16(12-18)19-15/h2-5,15-17H,6-12H2,1H3. The molecule has 2 fully saturated rings. The number of benzene rings is 1. The van der Waals surface area contributed by atoms with Gasteiger partial charge in [0, 0.05) is 19.6 Å². The van der Waals surface area contributed by atoms with E-state index in [9.17, 15) is 0 Å². The van der Waals surface area contributed by atoms with Crippen molar-refractivity contribution >= 4 is 0 Å². The first-order chi connectivity index (χ1) is 9.35. The van der Waals surface area contributed by atoms with E-state index >= 15 is 0 Å². The molecule has 3 heteroatoms. The number of ether oxygens (including phenoxy) is 1. The van der Waals surface area contributed by atoms with Crippen LogP contribution in [0.3, 0.4) is 0 Å². The minimum absolute atomic E-state index is 0.489. The van der Waals surface area contributed by atoms with Crippen LogP contribution < -0.4 is 5.32 Å². The van der Waals surface area contributed by atoms with E-state index in [1.54, 1.807) is 0 Å². The molecule has 2 atom stereocenters. The van der Waals surface area contributed by atoms with Crippen molar-refractivity contribution in [2.45, 2.75) is 38.0 Å². The molecule has 0 aromatic heterocycles. The summed E-state index contributed by atoms with van der Waals surface area (Å²) < 4.78 is 5.91. The van der Waals surface area contributed by atoms with E-state index in [0.29, 0.717) is 12.2 Å². The van der Waals surface area contributed by atoms with Gasteiger partial charge in [0.25, 0.3) is 0 Å². The monoisotopic (exact) mass is 260 g/mol. The van der Waals surface area contributed by atoms with E-state index in [1.807, 2.05) is 7.05 Å². The molecular formula is C16H24N2O. The Morgan fingerprint density at radius 2 is 1.84 bits per heavy atom. The normalized spacial score (nSPS) is 26.8. The molecule has 2 heterocycles. The number of morpholine rings is 1. The van der Waals surface area contributed by atoms with Crippen molar-refractivity contribution in [1.29, 1.82) is 0 Å². The summed E-state index contributed by atoms with van der Waals surface area (Å²) in [5, 5.41) is 3.24. The molecule has 2 bridgehead atoms. The zero-order chi connectivity index (χ0) is 13.1. The minimum Gasteiger partial charge on any atom is -0.372 e. The summed E-state index contributed by atoms with van der Waals surface area (Å²) in [5.41, 5.74) is 2.97. The van der Waals surface area contributed by atoms with Crippen LogP contribution in [-0.4, -0.2) is 43.8 Å². The average Bonchev–Trinajstić information content (AvgIpc) is 2.77. The third-order valence-electron chi connectivity index (χ3n) is 4.28. The molecule has 2 aliphatic rings. The molecule has 2 aliphatic heterocycles. The van der Waals surface area contributed by atoms with Crippen LogP contribution in [0.25, 0.3) is 0 Å². The van der Waals surface area contributed by atoms with E-state index in [2.05, 4.69) is 34.5 Å². The first-order valence-corrected chi connectivity index (χ1v) is 7.44. The van der Waals surface area contributed by atoms with E-state index in [0.717, 1.165) is 32.6 Å². The van der Waals surface area contributed by atoms with Crippen molar-refractivity contribution in [3.05, 3.63) is 35.4 Å². The Labute approximate surface area is 115 Å². The van der Waals surface area contributed by atoms with Crippen LogP contribution in [0, 0.1) is 0 Å². The van der Waals surface area contributed by atoms with Gasteiger partial charge in [-0.25, -0.2) is 0 Å². The Kier molecular flexibility index (Phi) is 4.16. The molecule has 19 heavy (non-hydrogen) atoms. The topological polar surface area (TPSA) is 24.5 Å². The van der Waals surface area contributed by atoms with Crippen molar-refractivity contribution in [3.8, 4) is 0 Å². The van der Waals surface area contributed by atoms with Crippen molar-refractivity contribution in [3.63, 3.8) is 0 Å². The summed E-state index contributed by atoms with van der Waals surface area (Å²) >= 11 is 0. The van der Waals surface area contributed by atoms with Crippen molar-refractivity contribution in [2.75, 3.05) is 26.7 Å². The SMILES string of the molecule is CNCCc1ccccc1CN1CC2CCC(C1)O2. The highest BCUT2D eigenvalue weighted by molar-refractivity contribution is 5.27. The quantitative estimate of drug-likeness (QED) is 0.874. The molecule has 0 spiro atoms. The van der Waals surface area contributed by atoms with E-state index < -0.39 is 0 Å². The smallest absolute Gasteiger partial charge is 0.0707 e. The number of hydrogen-bond donors (Lipinski definition) is 1. The van der Waals surface area contributed by atoms with Gasteiger partial charge in [-0.15, -0.1) is 0 Å². The zero-order valence-corrected chi connectivity index (χ0v) is 11.8. The molecule has 0 aliphatic carbocycles. The summed E-state index contributed by atoms with van der Waals surface area (Å²) in [6.07, 6.45) is 4.60. The van der Waals surface area contributed by atoms with Crippen molar-refractivity contribution in [2.24, 2.45) is 0 Å². The van der Waals surface area contributed by atoms with Gasteiger partial charge >= 0.3 is 0 Å². The molecule has 0 amide bonds. The van der Waals surface area contributed by atoms with Crippen LogP contribution in [-0.2, 0) is 17.7 Å². The van der Waals surface area contributed by atoms with Gasteiger partial charge in [0.15, 0.2) is 0 Å². The molecule has 1 aromatic carbocycles. The lowest BCUT2D eigenvalue weighted by Crippen LogP contribution is -2.42. The maximum absolute atomic E-state index is 5.91. The summed E-state index contributed by atoms with van der Waals surface area (Å²) in [5.74, 6) is 0. The molecular weight excluding hydrogens is 236 g/mol. The minimum atomic E-state index is 0.489. The maximum atomic E-state index is 5.91. The fraction of sp³-hybridized carbons (Fsp3) is 0.625. The summed E-state index contributed by atoms with van der Waals surface area (Å²) in [6.45, 7) is 4.34. The molecule has 3 nitrogen and oxygen atoms in total. The van der Waals surface area contributed by atoms with E-state index in [1.165, 1.54) is 24.0 Å². The van der Waals surface area contributed by atoms with Crippen LogP contribution in [0.4, 0.5) is 0 Å². The first kappa shape index (κ1) is 13.1. The molecule has 0 radical (unpaired) electrons. The van der Waals surface area contributed by atoms with Crippen LogP contribution in [0.15, 0.2) is 24.3 Å². The number of rotatable bonds is 5. The molecule has 2 unspecified atom stereocenters. The second kappa shape index (κ2) is 6.04. The molecule has 1 N–H and O–H groups in total. The predicted molar refractivity (Wildman–Crippen MR) is 77.2 cm³/mol. The molecule has 104 valence electrons. The zero-order valence-electron chi connectivity index (χ0n) is 11.8. The maximum Gasteiger partial charge on any atom is 0.0707 e. The molecule has 3 rings (SSSR count). The van der Waals surface area contributed by atoms with Gasteiger partial charge in [-0.05, 0) is 44.0 Å². The van der Waals surface area contributed by atoms with Gasteiger partial charge in [0.2, 0.25) is 0 Å². The Hall–Kier alpha value is -0.900. The van der Waals surface area contributed by atoms with Crippen molar-refractivity contribution in [1.82, 2.24) is 10.2 Å². The number of likely N-dealkylation sites (tertiary alicyclic amines) is 1. The summed E-state index contributed by atoms with van der Waals surface area (Å²) in [4.78, 5) is 2.57. The molecule has 1 aromatic rings. The van der Waals surface area contributed by atoms with Gasteiger partial charge in [0.1, 0.15) is 0 Å². The Balaban J connectivity index is 1.65. The third kappa shape index (κ3) is 3.16. The fourth-order valence-electron chi connectivity index (χ4n) is 3.28. The highest BCUT2D eigenvalue weighted by Crippen LogP contribution is 2.27. The van der Waals surface area contributed by atoms with Gasteiger partial charge in [-0.1, -0.05) is 24.3 Å². The average molecular weight is 260 g/mol. The number of hydrogen-bond acceptors (Lipinski definition) is 3. The number of fused-ring (bicyclic) bond motifs is 2. The summed E-state index contributed by atoms with van der Waals surface area (Å²) in [6, 6.07) is 8.86. The largest absolute Gasteiger partial charge is 0.372 e. The molecule has 0 saturated carbocycles. The second-order valence-electron chi connectivity index (χ2n) is 5.77. The van der Waals surface area contributed by atoms with Crippen LogP contribution in [0.2, 0.25) is 0 Å². The highest BCUT2D eigenvalue weighted by atomic mass is 16.5. The summed E-state index contributed by atoms with van der Waals surface area (Å²) in [7, 11) is 2.02. The lowest BCUT2D eigenvalue weighted by atomic mass is 10.0. The van der Waals surface area contributed by atoms with Crippen LogP contribution in [0.1, 0.15) is 24.0 Å². The van der Waals surface area contributed by atoms with Gasteiger partial charge in [-0.3, -0.25) is 4.90 Å². The number of likely N-dealkylation sites (N-methyl/N-ethyl adjacent to an activating group) is 1. The fourth-order valence-corrected chi connectivity index (χ4v) is 3.28. The van der Waals surface area contributed by atoms with Crippen molar-refractivity contribution < 1.29 is 4.74 Å². The Morgan fingerprint density at radius 1 is 1.16 bits per heavy atom. The Morgan fingerprint density at radius 3 is 2.53 bits per heavy atom. The molecule has 2 saturated heterocycles. The number of nitrogens with zero attached hydrogens (tertiary/aromatic N) is 1. The van der Waals surface area contributed by atoms with Crippen LogP contribution in [0.5, 0.6) is 0 Å². The lowest BCUT2D eigenvalue weighted by Gasteiger charge is -2.32. The number of nitrogens with one attached hydrogen (secondary N) is 1. The van der Waals surface area contributed by atoms with E-state index in [-0.39, 0.29) is 0 Å². The van der Waals surface area contributed by atoms with Gasteiger partial charge in [-0.2, -0.15) is 0 Å². The van der Waals surface area contributed by atoms with Gasteiger partial charge < -0.3 is 10.1 Å². The van der Waals surface area contributed by atoms with E-state index in [4.69, 9.17) is 4.74 Å². The van der Waals surface area contributed by atoms with Gasteiger partial charge in [0.05, 0.1) is 12.2 Å². The lowest BCUT2D eigenvalue weighted by molar-refractivity contribution is -0.0411. The predicted octanol–water partition coefficient (Wildman–Crippen LogP) is 1.81. The first-order valence-electron chi connectivity index (χ1n) is 7.44. The third-order valence-corrected chi connectivity index (χ3v) is 4.28. The Bertz CT molecular complexity index is 409. The highest BCUT2D eigenvalue weighted by Gasteiger charge is 2.33. The van der Waals surface area contributed by atoms with Crippen LogP contribution >= 0.6 is 0 Å². The second-order valence-corrected chi connectivity index (χ2v) is 5.77.